The number of rotatable bonds is 4. The van der Waals surface area contributed by atoms with Crippen LogP contribution in [-0.2, 0) is 0 Å². The highest BCUT2D eigenvalue weighted by Gasteiger charge is 2.05. The van der Waals surface area contributed by atoms with E-state index < -0.39 is 13.1 Å². The molecule has 0 saturated heterocycles. The molecule has 1 aromatic carbocycles. The average Bonchev–Trinajstić information content (AvgIpc) is 2.15. The molecule has 72 valence electrons. The van der Waals surface area contributed by atoms with Crippen LogP contribution < -0.4 is 4.74 Å². The van der Waals surface area contributed by atoms with Crippen molar-refractivity contribution in [3.05, 3.63) is 29.8 Å². The van der Waals surface area contributed by atoms with Gasteiger partial charge in [0, 0.05) is 5.56 Å². The fourth-order valence-corrected chi connectivity index (χ4v) is 0.866. The first-order valence-corrected chi connectivity index (χ1v) is 3.81. The molecule has 0 aliphatic heterocycles. The van der Waals surface area contributed by atoms with E-state index in [-0.39, 0.29) is 12.2 Å². The Bertz CT molecular complexity index is 246. The van der Waals surface area contributed by atoms with E-state index in [1.54, 1.807) is 0 Å². The summed E-state index contributed by atoms with van der Waals surface area (Å²) in [6.45, 7) is -0.634. The Labute approximate surface area is 74.1 Å². The SMILES string of the molecule is FCCOc1ccc(C(F)F)cc1. The maximum Gasteiger partial charge on any atom is 0.263 e. The van der Waals surface area contributed by atoms with Gasteiger partial charge in [0.2, 0.25) is 0 Å². The van der Waals surface area contributed by atoms with Crippen LogP contribution >= 0.6 is 0 Å². The lowest BCUT2D eigenvalue weighted by atomic mass is 10.2. The molecule has 0 aliphatic rings. The molecule has 0 spiro atoms. The highest BCUT2D eigenvalue weighted by molar-refractivity contribution is 5.27. The minimum Gasteiger partial charge on any atom is -0.491 e. The third kappa shape index (κ3) is 2.97. The van der Waals surface area contributed by atoms with Crippen molar-refractivity contribution < 1.29 is 17.9 Å². The van der Waals surface area contributed by atoms with E-state index in [4.69, 9.17) is 4.74 Å². The van der Waals surface area contributed by atoms with E-state index in [2.05, 4.69) is 0 Å². The zero-order chi connectivity index (χ0) is 9.68. The lowest BCUT2D eigenvalue weighted by Crippen LogP contribution is -1.98. The molecule has 13 heavy (non-hydrogen) atoms. The second kappa shape index (κ2) is 4.74. The molecule has 1 rings (SSSR count). The molecular formula is C9H9F3O. The molecule has 0 N–H and O–H groups in total. The van der Waals surface area contributed by atoms with E-state index >= 15 is 0 Å². The van der Waals surface area contributed by atoms with E-state index in [1.807, 2.05) is 0 Å². The number of hydrogen-bond donors (Lipinski definition) is 0. The molecule has 0 saturated carbocycles. The molecule has 0 bridgehead atoms. The lowest BCUT2D eigenvalue weighted by Gasteiger charge is -2.04. The van der Waals surface area contributed by atoms with Crippen LogP contribution in [0.5, 0.6) is 5.75 Å². The number of halogens is 3. The van der Waals surface area contributed by atoms with Crippen LogP contribution in [0.2, 0.25) is 0 Å². The summed E-state index contributed by atoms with van der Waals surface area (Å²) in [7, 11) is 0. The molecule has 0 radical (unpaired) electrons. The Morgan fingerprint density at radius 1 is 1.15 bits per heavy atom. The second-order valence-corrected chi connectivity index (χ2v) is 2.41. The topological polar surface area (TPSA) is 9.23 Å². The summed E-state index contributed by atoms with van der Waals surface area (Å²) >= 11 is 0. The monoisotopic (exact) mass is 190 g/mol. The summed E-state index contributed by atoms with van der Waals surface area (Å²) in [4.78, 5) is 0. The quantitative estimate of drug-likeness (QED) is 0.709. The van der Waals surface area contributed by atoms with Crippen molar-refractivity contribution in [2.24, 2.45) is 0 Å². The molecule has 0 aromatic heterocycles. The maximum absolute atomic E-state index is 12.0. The van der Waals surface area contributed by atoms with Crippen molar-refractivity contribution in [2.75, 3.05) is 13.3 Å². The zero-order valence-corrected chi connectivity index (χ0v) is 6.84. The van der Waals surface area contributed by atoms with Gasteiger partial charge in [-0.2, -0.15) is 0 Å². The van der Waals surface area contributed by atoms with E-state index in [0.717, 1.165) is 0 Å². The Kier molecular flexibility index (Phi) is 3.61. The van der Waals surface area contributed by atoms with Crippen LogP contribution in [0.15, 0.2) is 24.3 Å². The van der Waals surface area contributed by atoms with Crippen molar-refractivity contribution in [1.82, 2.24) is 0 Å². The van der Waals surface area contributed by atoms with Crippen molar-refractivity contribution in [1.29, 1.82) is 0 Å². The van der Waals surface area contributed by atoms with Crippen LogP contribution in [0.4, 0.5) is 13.2 Å². The fraction of sp³-hybridized carbons (Fsp3) is 0.333. The molecule has 0 fully saturated rings. The van der Waals surface area contributed by atoms with Crippen LogP contribution in [-0.4, -0.2) is 13.3 Å². The Balaban J connectivity index is 2.59. The van der Waals surface area contributed by atoms with Crippen molar-refractivity contribution in [3.63, 3.8) is 0 Å². The van der Waals surface area contributed by atoms with Crippen LogP contribution in [0.3, 0.4) is 0 Å². The maximum atomic E-state index is 12.0. The van der Waals surface area contributed by atoms with Crippen LogP contribution in [0, 0.1) is 0 Å². The standard InChI is InChI=1S/C9H9F3O/c10-5-6-13-8-3-1-7(2-4-8)9(11)12/h1-4,9H,5-6H2. The smallest absolute Gasteiger partial charge is 0.263 e. The zero-order valence-electron chi connectivity index (χ0n) is 6.84. The van der Waals surface area contributed by atoms with Gasteiger partial charge >= 0.3 is 0 Å². The highest BCUT2D eigenvalue weighted by Crippen LogP contribution is 2.21. The van der Waals surface area contributed by atoms with Gasteiger partial charge in [0.05, 0.1) is 0 Å². The molecule has 0 aliphatic carbocycles. The highest BCUT2D eigenvalue weighted by atomic mass is 19.3. The normalized spacial score (nSPS) is 10.5. The first kappa shape index (κ1) is 9.89. The van der Waals surface area contributed by atoms with E-state index in [9.17, 15) is 13.2 Å². The Hall–Kier alpha value is -1.19. The van der Waals surface area contributed by atoms with Gasteiger partial charge in [-0.25, -0.2) is 13.2 Å². The number of hydrogen-bond acceptors (Lipinski definition) is 1. The summed E-state index contributed by atoms with van der Waals surface area (Å²) in [5, 5.41) is 0. The Morgan fingerprint density at radius 3 is 2.23 bits per heavy atom. The van der Waals surface area contributed by atoms with Crippen LogP contribution in [0.1, 0.15) is 12.0 Å². The van der Waals surface area contributed by atoms with Gasteiger partial charge in [-0.05, 0) is 24.3 Å². The molecule has 0 unspecified atom stereocenters. The van der Waals surface area contributed by atoms with Gasteiger partial charge in [0.25, 0.3) is 6.43 Å². The molecule has 4 heteroatoms. The van der Waals surface area contributed by atoms with Gasteiger partial charge in [0.15, 0.2) is 0 Å². The molecule has 0 atom stereocenters. The minimum atomic E-state index is -2.48. The molecule has 1 aromatic rings. The summed E-state index contributed by atoms with van der Waals surface area (Å²) in [5.41, 5.74) is -0.0624. The molecule has 1 nitrogen and oxygen atoms in total. The van der Waals surface area contributed by atoms with Gasteiger partial charge < -0.3 is 4.74 Å². The minimum absolute atomic E-state index is 0.0476. The molecule has 0 heterocycles. The van der Waals surface area contributed by atoms with Gasteiger partial charge in [-0.15, -0.1) is 0 Å². The van der Waals surface area contributed by atoms with Crippen molar-refractivity contribution in [3.8, 4) is 5.75 Å². The van der Waals surface area contributed by atoms with Gasteiger partial charge in [-0.1, -0.05) is 0 Å². The first-order valence-electron chi connectivity index (χ1n) is 3.81. The predicted molar refractivity (Wildman–Crippen MR) is 42.9 cm³/mol. The van der Waals surface area contributed by atoms with Crippen molar-refractivity contribution >= 4 is 0 Å². The van der Waals surface area contributed by atoms with Crippen molar-refractivity contribution in [2.45, 2.75) is 6.43 Å². The first-order chi connectivity index (χ1) is 6.24. The largest absolute Gasteiger partial charge is 0.491 e. The summed E-state index contributed by atoms with van der Waals surface area (Å²) < 4.78 is 40.6. The number of ether oxygens (including phenoxy) is 1. The summed E-state index contributed by atoms with van der Waals surface area (Å²) in [6, 6.07) is 5.32. The van der Waals surface area contributed by atoms with Gasteiger partial charge in [-0.3, -0.25) is 0 Å². The molecule has 0 amide bonds. The van der Waals surface area contributed by atoms with E-state index in [0.29, 0.717) is 5.75 Å². The average molecular weight is 190 g/mol. The summed E-state index contributed by atoms with van der Waals surface area (Å²) in [6.07, 6.45) is -2.48. The fourth-order valence-electron chi connectivity index (χ4n) is 0.866. The predicted octanol–water partition coefficient (Wildman–Crippen LogP) is 2.97. The second-order valence-electron chi connectivity index (χ2n) is 2.41. The summed E-state index contributed by atoms with van der Waals surface area (Å²) in [5.74, 6) is 0.405. The van der Waals surface area contributed by atoms with E-state index in [1.165, 1.54) is 24.3 Å². The Morgan fingerprint density at radius 2 is 1.77 bits per heavy atom. The van der Waals surface area contributed by atoms with Crippen LogP contribution in [0.25, 0.3) is 0 Å². The lowest BCUT2D eigenvalue weighted by molar-refractivity contribution is 0.151. The third-order valence-electron chi connectivity index (χ3n) is 1.48. The number of benzene rings is 1. The number of alkyl halides is 3. The third-order valence-corrected chi connectivity index (χ3v) is 1.48. The molecular weight excluding hydrogens is 181 g/mol. The van der Waals surface area contributed by atoms with Gasteiger partial charge in [0.1, 0.15) is 19.0 Å².